The van der Waals surface area contributed by atoms with Gasteiger partial charge in [-0.3, -0.25) is 4.79 Å². The minimum atomic E-state index is -0.145. The number of aryl methyl sites for hydroxylation is 2. The van der Waals surface area contributed by atoms with Crippen molar-refractivity contribution in [2.75, 3.05) is 25.1 Å². The summed E-state index contributed by atoms with van der Waals surface area (Å²) in [7, 11) is 1.65. The fourth-order valence-corrected chi connectivity index (χ4v) is 4.19. The number of amidine groups is 1. The number of amides is 1. The van der Waals surface area contributed by atoms with Crippen LogP contribution < -0.4 is 15.0 Å². The molecule has 1 fully saturated rings. The first-order valence-corrected chi connectivity index (χ1v) is 10.6. The van der Waals surface area contributed by atoms with E-state index in [1.54, 1.807) is 7.11 Å². The van der Waals surface area contributed by atoms with E-state index in [-0.39, 0.29) is 5.91 Å². The van der Waals surface area contributed by atoms with Crippen LogP contribution in [0.1, 0.15) is 30.5 Å². The Bertz CT molecular complexity index is 958. The van der Waals surface area contributed by atoms with Gasteiger partial charge in [0.15, 0.2) is 5.17 Å². The van der Waals surface area contributed by atoms with Crippen molar-refractivity contribution in [2.45, 2.75) is 27.7 Å². The molecule has 152 valence electrons. The molecule has 5 nitrogen and oxygen atoms in total. The molecule has 0 aromatic heterocycles. The van der Waals surface area contributed by atoms with Crippen LogP contribution in [0.2, 0.25) is 0 Å². The van der Waals surface area contributed by atoms with E-state index in [0.717, 1.165) is 46.9 Å². The van der Waals surface area contributed by atoms with E-state index < -0.39 is 0 Å². The Balaban J connectivity index is 1.87. The van der Waals surface area contributed by atoms with Gasteiger partial charge in [-0.05, 0) is 80.9 Å². The van der Waals surface area contributed by atoms with E-state index in [9.17, 15) is 4.79 Å². The molecule has 0 spiro atoms. The van der Waals surface area contributed by atoms with Gasteiger partial charge in [0.05, 0.1) is 17.7 Å². The van der Waals surface area contributed by atoms with Crippen LogP contribution in [0.4, 0.5) is 11.4 Å². The first-order valence-electron chi connectivity index (χ1n) is 9.74. The van der Waals surface area contributed by atoms with E-state index in [0.29, 0.717) is 10.1 Å². The molecule has 0 atom stereocenters. The summed E-state index contributed by atoms with van der Waals surface area (Å²) in [4.78, 5) is 19.9. The molecule has 1 saturated heterocycles. The summed E-state index contributed by atoms with van der Waals surface area (Å²) in [6.07, 6.45) is 1.86. The average Bonchev–Trinajstić information content (AvgIpc) is 3.01. The summed E-state index contributed by atoms with van der Waals surface area (Å²) in [5, 5.41) is 3.44. The monoisotopic (exact) mass is 409 g/mol. The Morgan fingerprint density at radius 3 is 2.41 bits per heavy atom. The number of anilines is 1. The van der Waals surface area contributed by atoms with Gasteiger partial charge in [0.1, 0.15) is 5.75 Å². The molecule has 0 aliphatic carbocycles. The lowest BCUT2D eigenvalue weighted by atomic mass is 10.1. The van der Waals surface area contributed by atoms with Crippen LogP contribution in [0.5, 0.6) is 5.75 Å². The van der Waals surface area contributed by atoms with Gasteiger partial charge < -0.3 is 15.0 Å². The van der Waals surface area contributed by atoms with Crippen molar-refractivity contribution in [2.24, 2.45) is 4.99 Å². The number of hydrogen-bond donors (Lipinski definition) is 1. The number of nitrogens with zero attached hydrogens (tertiary/aromatic N) is 2. The zero-order chi connectivity index (χ0) is 21.0. The van der Waals surface area contributed by atoms with E-state index in [4.69, 9.17) is 4.74 Å². The number of methoxy groups -OCH3 is 1. The molecule has 1 aliphatic heterocycles. The van der Waals surface area contributed by atoms with Crippen LogP contribution in [0.3, 0.4) is 0 Å². The van der Waals surface area contributed by atoms with Crippen molar-refractivity contribution in [3.05, 3.63) is 58.0 Å². The molecule has 2 aromatic carbocycles. The standard InChI is InChI=1S/C23H27N3O2S/c1-6-26(7-2)19-9-8-17(20(14-19)28-5)13-21-22(27)25-23(29-21)24-18-11-15(3)10-16(4)12-18/h8-14H,6-7H2,1-5H3,(H,24,25,27)/b21-13-. The maximum absolute atomic E-state index is 12.5. The molecule has 0 unspecified atom stereocenters. The number of ether oxygens (including phenoxy) is 1. The van der Waals surface area contributed by atoms with Crippen molar-refractivity contribution in [1.82, 2.24) is 5.32 Å². The molecule has 1 aliphatic rings. The molecular formula is C23H27N3O2S. The zero-order valence-electron chi connectivity index (χ0n) is 17.6. The fraction of sp³-hybridized carbons (Fsp3) is 0.304. The summed E-state index contributed by atoms with van der Waals surface area (Å²) in [6, 6.07) is 12.2. The van der Waals surface area contributed by atoms with E-state index >= 15 is 0 Å². The highest BCUT2D eigenvalue weighted by Crippen LogP contribution is 2.32. The topological polar surface area (TPSA) is 53.9 Å². The van der Waals surface area contributed by atoms with Crippen LogP contribution in [-0.4, -0.2) is 31.3 Å². The number of benzene rings is 2. The highest BCUT2D eigenvalue weighted by molar-refractivity contribution is 8.18. The average molecular weight is 410 g/mol. The minimum Gasteiger partial charge on any atom is -0.496 e. The fourth-order valence-electron chi connectivity index (χ4n) is 3.36. The van der Waals surface area contributed by atoms with Gasteiger partial charge in [-0.15, -0.1) is 0 Å². The molecule has 0 bridgehead atoms. The van der Waals surface area contributed by atoms with Gasteiger partial charge in [0.25, 0.3) is 5.91 Å². The highest BCUT2D eigenvalue weighted by atomic mass is 32.2. The third-order valence-electron chi connectivity index (χ3n) is 4.72. The van der Waals surface area contributed by atoms with E-state index in [2.05, 4.69) is 41.2 Å². The predicted molar refractivity (Wildman–Crippen MR) is 123 cm³/mol. The third kappa shape index (κ3) is 5.01. The lowest BCUT2D eigenvalue weighted by molar-refractivity contribution is -0.115. The molecule has 1 N–H and O–H groups in total. The van der Waals surface area contributed by atoms with Gasteiger partial charge >= 0.3 is 0 Å². The van der Waals surface area contributed by atoms with E-state index in [1.165, 1.54) is 11.8 Å². The summed E-state index contributed by atoms with van der Waals surface area (Å²) >= 11 is 1.34. The van der Waals surface area contributed by atoms with Crippen LogP contribution in [-0.2, 0) is 4.79 Å². The Kier molecular flexibility index (Phi) is 6.64. The van der Waals surface area contributed by atoms with Crippen LogP contribution in [0, 0.1) is 13.8 Å². The van der Waals surface area contributed by atoms with Gasteiger partial charge in [0, 0.05) is 30.4 Å². The van der Waals surface area contributed by atoms with E-state index in [1.807, 2.05) is 44.2 Å². The van der Waals surface area contributed by atoms with Gasteiger partial charge in [-0.1, -0.05) is 6.07 Å². The summed E-state index contributed by atoms with van der Waals surface area (Å²) in [6.45, 7) is 10.2. The number of rotatable bonds is 6. The number of thioether (sulfide) groups is 1. The van der Waals surface area contributed by atoms with Gasteiger partial charge in [-0.2, -0.15) is 0 Å². The maximum Gasteiger partial charge on any atom is 0.264 e. The first kappa shape index (κ1) is 21.0. The molecule has 1 amide bonds. The number of aliphatic imine (C=N–C) groups is 1. The zero-order valence-corrected chi connectivity index (χ0v) is 18.4. The summed E-state index contributed by atoms with van der Waals surface area (Å²) < 4.78 is 5.58. The number of carbonyl (C=O) groups excluding carboxylic acids is 1. The molecule has 3 rings (SSSR count). The predicted octanol–water partition coefficient (Wildman–Crippen LogP) is 5.05. The highest BCUT2D eigenvalue weighted by Gasteiger charge is 2.24. The Labute approximate surface area is 176 Å². The number of nitrogens with one attached hydrogen (secondary N) is 1. The molecule has 6 heteroatoms. The lowest BCUT2D eigenvalue weighted by Crippen LogP contribution is -2.21. The van der Waals surface area contributed by atoms with Gasteiger partial charge in [-0.25, -0.2) is 4.99 Å². The summed E-state index contributed by atoms with van der Waals surface area (Å²) in [5.41, 5.74) is 5.11. The van der Waals surface area contributed by atoms with Crippen molar-refractivity contribution in [3.8, 4) is 5.75 Å². The molecular weight excluding hydrogens is 382 g/mol. The summed E-state index contributed by atoms with van der Waals surface area (Å²) in [5.74, 6) is 0.600. The first-order chi connectivity index (χ1) is 13.9. The Morgan fingerprint density at radius 1 is 1.10 bits per heavy atom. The largest absolute Gasteiger partial charge is 0.496 e. The molecule has 29 heavy (non-hydrogen) atoms. The normalized spacial score (nSPS) is 16.4. The number of carbonyl (C=O) groups is 1. The second-order valence-corrected chi connectivity index (χ2v) is 7.96. The van der Waals surface area contributed by atoms with Crippen LogP contribution >= 0.6 is 11.8 Å². The SMILES string of the molecule is CCN(CC)c1ccc(/C=C2\SC(=Nc3cc(C)cc(C)c3)NC2=O)c(OC)c1. The van der Waals surface area contributed by atoms with Gasteiger partial charge in [0.2, 0.25) is 0 Å². The minimum absolute atomic E-state index is 0.145. The van der Waals surface area contributed by atoms with Crippen molar-refractivity contribution in [3.63, 3.8) is 0 Å². The quantitative estimate of drug-likeness (QED) is 0.679. The second kappa shape index (κ2) is 9.18. The number of hydrogen-bond acceptors (Lipinski definition) is 5. The Hall–Kier alpha value is -2.73. The van der Waals surface area contributed by atoms with Crippen molar-refractivity contribution in [1.29, 1.82) is 0 Å². The maximum atomic E-state index is 12.5. The van der Waals surface area contributed by atoms with Crippen molar-refractivity contribution >= 4 is 40.3 Å². The van der Waals surface area contributed by atoms with Crippen LogP contribution in [0.15, 0.2) is 46.3 Å². The van der Waals surface area contributed by atoms with Crippen molar-refractivity contribution < 1.29 is 9.53 Å². The lowest BCUT2D eigenvalue weighted by Gasteiger charge is -2.22. The molecule has 0 radical (unpaired) electrons. The molecule has 0 saturated carbocycles. The van der Waals surface area contributed by atoms with Crippen LogP contribution in [0.25, 0.3) is 6.08 Å². The molecule has 2 aromatic rings. The third-order valence-corrected chi connectivity index (χ3v) is 5.63. The Morgan fingerprint density at radius 2 is 1.79 bits per heavy atom. The smallest absolute Gasteiger partial charge is 0.264 e. The second-order valence-electron chi connectivity index (χ2n) is 6.93. The molecule has 1 heterocycles.